The van der Waals surface area contributed by atoms with Crippen LogP contribution < -0.4 is 14.8 Å². The first kappa shape index (κ1) is 21.3. The predicted octanol–water partition coefficient (Wildman–Crippen LogP) is 3.89. The number of benzene rings is 2. The maximum atomic E-state index is 12.7. The highest BCUT2D eigenvalue weighted by Gasteiger charge is 2.17. The molecule has 28 heavy (non-hydrogen) atoms. The van der Waals surface area contributed by atoms with E-state index in [1.165, 1.54) is 12.0 Å². The molecular formula is C22H28N2O4. The van der Waals surface area contributed by atoms with E-state index in [-0.39, 0.29) is 18.4 Å². The first-order valence-corrected chi connectivity index (χ1v) is 9.37. The molecule has 0 aromatic heterocycles. The van der Waals surface area contributed by atoms with Crippen molar-refractivity contribution in [1.29, 1.82) is 0 Å². The van der Waals surface area contributed by atoms with Crippen molar-refractivity contribution < 1.29 is 19.1 Å². The Hall–Kier alpha value is -3.02. The summed E-state index contributed by atoms with van der Waals surface area (Å²) in [7, 11) is 3.13. The molecule has 1 N–H and O–H groups in total. The van der Waals surface area contributed by atoms with E-state index in [9.17, 15) is 9.59 Å². The monoisotopic (exact) mass is 384 g/mol. The van der Waals surface area contributed by atoms with Crippen molar-refractivity contribution in [3.63, 3.8) is 0 Å². The first-order valence-electron chi connectivity index (χ1n) is 9.37. The van der Waals surface area contributed by atoms with Gasteiger partial charge in [-0.05, 0) is 43.7 Å². The number of nitrogens with one attached hydrogen (secondary N) is 1. The molecule has 0 saturated heterocycles. The molecule has 2 aromatic carbocycles. The van der Waals surface area contributed by atoms with Crippen LogP contribution in [0.1, 0.15) is 35.7 Å². The number of methoxy groups -OCH3 is 1. The Balaban J connectivity index is 1.99. The predicted molar refractivity (Wildman–Crippen MR) is 110 cm³/mol. The minimum absolute atomic E-state index is 0.0518. The molecule has 0 radical (unpaired) electrons. The molecule has 0 aliphatic heterocycles. The summed E-state index contributed by atoms with van der Waals surface area (Å²) in [6.07, 6.45) is 1.98. The Morgan fingerprint density at radius 1 is 1.07 bits per heavy atom. The zero-order valence-corrected chi connectivity index (χ0v) is 17.0. The third-order valence-corrected chi connectivity index (χ3v) is 4.23. The summed E-state index contributed by atoms with van der Waals surface area (Å²) in [5.41, 5.74) is 2.25. The minimum Gasteiger partial charge on any atom is -0.493 e. The van der Waals surface area contributed by atoms with Gasteiger partial charge < -0.3 is 19.7 Å². The Bertz CT molecular complexity index is 803. The number of amides is 2. The van der Waals surface area contributed by atoms with Crippen molar-refractivity contribution in [2.24, 2.45) is 0 Å². The zero-order valence-electron chi connectivity index (χ0n) is 17.0. The van der Waals surface area contributed by atoms with Gasteiger partial charge in [-0.25, -0.2) is 0 Å². The smallest absolute Gasteiger partial charge is 0.254 e. The van der Waals surface area contributed by atoms with Crippen molar-refractivity contribution in [1.82, 2.24) is 4.90 Å². The van der Waals surface area contributed by atoms with Crippen LogP contribution in [0.2, 0.25) is 0 Å². The molecular weight excluding hydrogens is 356 g/mol. The standard InChI is InChI=1S/C22H28N2O4/c1-5-6-13-28-19-12-9-17(14-20(19)27-4)22(26)24(3)15-21(25)23-18-10-7-16(2)8-11-18/h7-12,14H,5-6,13,15H2,1-4H3,(H,23,25). The maximum Gasteiger partial charge on any atom is 0.254 e. The fraction of sp³-hybridized carbons (Fsp3) is 0.364. The van der Waals surface area contributed by atoms with E-state index < -0.39 is 0 Å². The molecule has 0 bridgehead atoms. The molecule has 0 atom stereocenters. The summed E-state index contributed by atoms with van der Waals surface area (Å²) in [6.45, 7) is 4.61. The van der Waals surface area contributed by atoms with Crippen LogP contribution in [0.4, 0.5) is 5.69 Å². The van der Waals surface area contributed by atoms with Gasteiger partial charge in [0.15, 0.2) is 11.5 Å². The van der Waals surface area contributed by atoms with E-state index in [0.29, 0.717) is 29.4 Å². The van der Waals surface area contributed by atoms with E-state index in [1.54, 1.807) is 25.2 Å². The normalized spacial score (nSPS) is 10.3. The molecule has 2 rings (SSSR count). The molecule has 150 valence electrons. The summed E-state index contributed by atoms with van der Waals surface area (Å²) in [5, 5.41) is 2.79. The molecule has 0 aliphatic carbocycles. The second-order valence-electron chi connectivity index (χ2n) is 6.64. The van der Waals surface area contributed by atoms with E-state index in [1.807, 2.05) is 31.2 Å². The van der Waals surface area contributed by atoms with Crippen LogP contribution in [-0.2, 0) is 4.79 Å². The molecule has 2 amide bonds. The van der Waals surface area contributed by atoms with E-state index in [2.05, 4.69) is 12.2 Å². The van der Waals surface area contributed by atoms with Crippen LogP contribution >= 0.6 is 0 Å². The molecule has 0 spiro atoms. The summed E-state index contributed by atoms with van der Waals surface area (Å²) in [4.78, 5) is 26.3. The lowest BCUT2D eigenvalue weighted by Gasteiger charge is -2.18. The van der Waals surface area contributed by atoms with E-state index in [0.717, 1.165) is 18.4 Å². The summed E-state index contributed by atoms with van der Waals surface area (Å²) in [5.74, 6) is 0.579. The zero-order chi connectivity index (χ0) is 20.5. The summed E-state index contributed by atoms with van der Waals surface area (Å²) >= 11 is 0. The van der Waals surface area contributed by atoms with Crippen LogP contribution in [-0.4, -0.2) is 44.0 Å². The third-order valence-electron chi connectivity index (χ3n) is 4.23. The molecule has 6 nitrogen and oxygen atoms in total. The number of hydrogen-bond acceptors (Lipinski definition) is 4. The highest BCUT2D eigenvalue weighted by atomic mass is 16.5. The number of rotatable bonds is 9. The van der Waals surface area contributed by atoms with E-state index in [4.69, 9.17) is 9.47 Å². The lowest BCUT2D eigenvalue weighted by atomic mass is 10.1. The van der Waals surface area contributed by atoms with Gasteiger partial charge in [-0.15, -0.1) is 0 Å². The molecule has 0 saturated carbocycles. The van der Waals surface area contributed by atoms with Crippen molar-refractivity contribution in [2.45, 2.75) is 26.7 Å². The second kappa shape index (κ2) is 10.3. The second-order valence-corrected chi connectivity index (χ2v) is 6.64. The number of ether oxygens (including phenoxy) is 2. The van der Waals surface area contributed by atoms with Gasteiger partial charge in [0.1, 0.15) is 0 Å². The van der Waals surface area contributed by atoms with Gasteiger partial charge in [-0.1, -0.05) is 31.0 Å². The topological polar surface area (TPSA) is 67.9 Å². The van der Waals surface area contributed by atoms with Crippen molar-refractivity contribution in [3.05, 3.63) is 53.6 Å². The number of carbonyl (C=O) groups excluding carboxylic acids is 2. The molecule has 6 heteroatoms. The van der Waals surface area contributed by atoms with Crippen molar-refractivity contribution in [3.8, 4) is 11.5 Å². The number of nitrogens with zero attached hydrogens (tertiary/aromatic N) is 1. The van der Waals surface area contributed by atoms with Gasteiger partial charge in [-0.3, -0.25) is 9.59 Å². The maximum absolute atomic E-state index is 12.7. The number of hydrogen-bond donors (Lipinski definition) is 1. The average Bonchev–Trinajstić information content (AvgIpc) is 2.69. The fourth-order valence-corrected chi connectivity index (χ4v) is 2.59. The van der Waals surface area contributed by atoms with Gasteiger partial charge in [-0.2, -0.15) is 0 Å². The van der Waals surface area contributed by atoms with Gasteiger partial charge in [0.25, 0.3) is 5.91 Å². The Kier molecular flexibility index (Phi) is 7.87. The largest absolute Gasteiger partial charge is 0.493 e. The fourth-order valence-electron chi connectivity index (χ4n) is 2.59. The highest BCUT2D eigenvalue weighted by molar-refractivity contribution is 5.99. The van der Waals surface area contributed by atoms with Crippen molar-refractivity contribution >= 4 is 17.5 Å². The number of unbranched alkanes of at least 4 members (excludes halogenated alkanes) is 1. The number of aryl methyl sites for hydroxylation is 1. The highest BCUT2D eigenvalue weighted by Crippen LogP contribution is 2.28. The van der Waals surface area contributed by atoms with Crippen LogP contribution in [0.25, 0.3) is 0 Å². The molecule has 0 aliphatic rings. The van der Waals surface area contributed by atoms with Gasteiger partial charge >= 0.3 is 0 Å². The van der Waals surface area contributed by atoms with Crippen LogP contribution in [0, 0.1) is 6.92 Å². The number of anilines is 1. The SMILES string of the molecule is CCCCOc1ccc(C(=O)N(C)CC(=O)Nc2ccc(C)cc2)cc1OC. The Morgan fingerprint density at radius 3 is 2.43 bits per heavy atom. The molecule has 2 aromatic rings. The summed E-state index contributed by atoms with van der Waals surface area (Å²) in [6, 6.07) is 12.5. The van der Waals surface area contributed by atoms with Gasteiger partial charge in [0, 0.05) is 18.3 Å². The lowest BCUT2D eigenvalue weighted by Crippen LogP contribution is -2.34. The van der Waals surface area contributed by atoms with E-state index >= 15 is 0 Å². The van der Waals surface area contributed by atoms with Crippen LogP contribution in [0.3, 0.4) is 0 Å². The molecule has 0 heterocycles. The lowest BCUT2D eigenvalue weighted by molar-refractivity contribution is -0.116. The average molecular weight is 384 g/mol. The number of likely N-dealkylation sites (N-methyl/N-ethyl adjacent to an activating group) is 1. The Morgan fingerprint density at radius 2 is 1.79 bits per heavy atom. The third kappa shape index (κ3) is 6.01. The van der Waals surface area contributed by atoms with Crippen molar-refractivity contribution in [2.75, 3.05) is 32.6 Å². The quantitative estimate of drug-likeness (QED) is 0.666. The van der Waals surface area contributed by atoms with Gasteiger partial charge in [0.05, 0.1) is 20.3 Å². The minimum atomic E-state index is -0.266. The molecule has 0 fully saturated rings. The first-order chi connectivity index (χ1) is 13.4. The Labute approximate surface area is 166 Å². The summed E-state index contributed by atoms with van der Waals surface area (Å²) < 4.78 is 11.0. The number of carbonyl (C=O) groups is 2. The molecule has 0 unspecified atom stereocenters. The van der Waals surface area contributed by atoms with Crippen LogP contribution in [0.15, 0.2) is 42.5 Å². The van der Waals surface area contributed by atoms with Gasteiger partial charge in [0.2, 0.25) is 5.91 Å². The van der Waals surface area contributed by atoms with Crippen LogP contribution in [0.5, 0.6) is 11.5 Å².